The highest BCUT2D eigenvalue weighted by molar-refractivity contribution is 7.98. The molecule has 1 aliphatic heterocycles. The molecule has 2 N–H and O–H groups in total. The van der Waals surface area contributed by atoms with Crippen molar-refractivity contribution >= 4 is 38.4 Å². The summed E-state index contributed by atoms with van der Waals surface area (Å²) in [5.74, 6) is 1.92. The molecule has 0 radical (unpaired) electrons. The summed E-state index contributed by atoms with van der Waals surface area (Å²) in [7, 11) is -2.97. The number of amides is 2. The lowest BCUT2D eigenvalue weighted by molar-refractivity contribution is 0.238. The zero-order valence-electron chi connectivity index (χ0n) is 13.9. The number of benzene rings is 2. The van der Waals surface area contributed by atoms with Gasteiger partial charge in [0.05, 0.1) is 11.5 Å². The second-order valence-corrected chi connectivity index (χ2v) is 9.52. The van der Waals surface area contributed by atoms with Crippen molar-refractivity contribution < 1.29 is 13.2 Å². The van der Waals surface area contributed by atoms with Crippen LogP contribution in [0.3, 0.4) is 0 Å². The second kappa shape index (κ2) is 8.10. The molecule has 1 saturated heterocycles. The van der Waals surface area contributed by atoms with Crippen molar-refractivity contribution in [3.63, 3.8) is 0 Å². The predicted molar refractivity (Wildman–Crippen MR) is 104 cm³/mol. The van der Waals surface area contributed by atoms with Crippen LogP contribution in [-0.4, -0.2) is 44.3 Å². The molecule has 0 aromatic heterocycles. The number of thioether (sulfide) groups is 1. The summed E-state index contributed by atoms with van der Waals surface area (Å²) in [6.07, 6.45) is 0.506. The van der Waals surface area contributed by atoms with Crippen LogP contribution >= 0.6 is 11.8 Å². The molecule has 0 spiro atoms. The fourth-order valence-electron chi connectivity index (χ4n) is 2.98. The van der Waals surface area contributed by atoms with Crippen LogP contribution < -0.4 is 10.6 Å². The Balaban J connectivity index is 1.38. The normalized spacial score (nSPS) is 19.0. The SMILES string of the molecule is O=C(NCCSCc1cccc2ccccc12)NC1CCS(=O)(=O)C1. The van der Waals surface area contributed by atoms with Gasteiger partial charge in [0.1, 0.15) is 0 Å². The molecule has 7 heteroatoms. The van der Waals surface area contributed by atoms with Gasteiger partial charge in [-0.05, 0) is 22.8 Å². The minimum Gasteiger partial charge on any atom is -0.337 e. The van der Waals surface area contributed by atoms with E-state index >= 15 is 0 Å². The fraction of sp³-hybridized carbons (Fsp3) is 0.389. The summed E-state index contributed by atoms with van der Waals surface area (Å²) in [5, 5.41) is 8.03. The van der Waals surface area contributed by atoms with Gasteiger partial charge in [0, 0.05) is 24.1 Å². The predicted octanol–water partition coefficient (Wildman–Crippen LogP) is 2.56. The molecule has 25 heavy (non-hydrogen) atoms. The van der Waals surface area contributed by atoms with Gasteiger partial charge in [-0.15, -0.1) is 0 Å². The van der Waals surface area contributed by atoms with E-state index < -0.39 is 9.84 Å². The maximum absolute atomic E-state index is 11.8. The minimum atomic E-state index is -2.97. The zero-order valence-corrected chi connectivity index (χ0v) is 15.5. The number of fused-ring (bicyclic) bond motifs is 1. The highest BCUT2D eigenvalue weighted by atomic mass is 32.2. The van der Waals surface area contributed by atoms with Crippen LogP contribution in [0, 0.1) is 0 Å². The number of urea groups is 1. The number of carbonyl (C=O) groups is 1. The summed E-state index contributed by atoms with van der Waals surface area (Å²) >= 11 is 1.77. The number of rotatable bonds is 6. The number of hydrogen-bond donors (Lipinski definition) is 2. The maximum atomic E-state index is 11.8. The number of hydrogen-bond acceptors (Lipinski definition) is 4. The Bertz CT molecular complexity index is 847. The standard InChI is InChI=1S/C18H22N2O3S2/c21-18(20-16-8-11-25(22,23)13-16)19-9-10-24-12-15-6-3-5-14-4-1-2-7-17(14)15/h1-7,16H,8-13H2,(H2,19,20,21). The van der Waals surface area contributed by atoms with Gasteiger partial charge in [-0.3, -0.25) is 0 Å². The Hall–Kier alpha value is -1.73. The molecule has 0 saturated carbocycles. The third kappa shape index (κ3) is 5.12. The molecule has 134 valence electrons. The van der Waals surface area contributed by atoms with Crippen molar-refractivity contribution in [3.05, 3.63) is 48.0 Å². The first-order chi connectivity index (χ1) is 12.0. The van der Waals surface area contributed by atoms with Gasteiger partial charge < -0.3 is 10.6 Å². The molecular weight excluding hydrogens is 356 g/mol. The first-order valence-corrected chi connectivity index (χ1v) is 11.3. The van der Waals surface area contributed by atoms with Gasteiger partial charge >= 0.3 is 6.03 Å². The van der Waals surface area contributed by atoms with Crippen molar-refractivity contribution in [1.82, 2.24) is 10.6 Å². The first-order valence-electron chi connectivity index (χ1n) is 8.33. The quantitative estimate of drug-likeness (QED) is 0.758. The monoisotopic (exact) mass is 378 g/mol. The lowest BCUT2D eigenvalue weighted by Gasteiger charge is -2.12. The van der Waals surface area contributed by atoms with Crippen molar-refractivity contribution in [1.29, 1.82) is 0 Å². The molecule has 2 aromatic carbocycles. The van der Waals surface area contributed by atoms with Crippen LogP contribution in [-0.2, 0) is 15.6 Å². The lowest BCUT2D eigenvalue weighted by atomic mass is 10.1. The Morgan fingerprint density at radius 2 is 1.96 bits per heavy atom. The van der Waals surface area contributed by atoms with E-state index in [2.05, 4.69) is 41.0 Å². The molecule has 1 fully saturated rings. The van der Waals surface area contributed by atoms with Crippen molar-refractivity contribution in [2.45, 2.75) is 18.2 Å². The summed E-state index contributed by atoms with van der Waals surface area (Å²) in [4.78, 5) is 11.8. The van der Waals surface area contributed by atoms with Crippen molar-refractivity contribution in [2.24, 2.45) is 0 Å². The summed E-state index contributed by atoms with van der Waals surface area (Å²) in [5.41, 5.74) is 1.30. The van der Waals surface area contributed by atoms with E-state index in [0.717, 1.165) is 11.5 Å². The molecule has 3 rings (SSSR count). The Morgan fingerprint density at radius 3 is 2.76 bits per heavy atom. The Morgan fingerprint density at radius 1 is 1.16 bits per heavy atom. The van der Waals surface area contributed by atoms with Gasteiger partial charge in [0.25, 0.3) is 0 Å². The Kier molecular flexibility index (Phi) is 5.86. The summed E-state index contributed by atoms with van der Waals surface area (Å²) < 4.78 is 22.7. The van der Waals surface area contributed by atoms with Gasteiger partial charge in [0.2, 0.25) is 0 Å². The molecular formula is C18H22N2O3S2. The number of nitrogens with one attached hydrogen (secondary N) is 2. The molecule has 0 bridgehead atoms. The summed E-state index contributed by atoms with van der Waals surface area (Å²) in [6.45, 7) is 0.556. The smallest absolute Gasteiger partial charge is 0.315 e. The van der Waals surface area contributed by atoms with E-state index in [0.29, 0.717) is 13.0 Å². The van der Waals surface area contributed by atoms with Gasteiger partial charge in [-0.2, -0.15) is 11.8 Å². The first kappa shape index (κ1) is 18.1. The van der Waals surface area contributed by atoms with E-state index in [-0.39, 0.29) is 23.6 Å². The fourth-order valence-corrected chi connectivity index (χ4v) is 5.52. The molecule has 1 atom stereocenters. The topological polar surface area (TPSA) is 75.3 Å². The average molecular weight is 379 g/mol. The third-order valence-corrected chi connectivity index (χ3v) is 7.01. The molecule has 1 aliphatic rings. The molecule has 2 amide bonds. The van der Waals surface area contributed by atoms with Crippen LogP contribution in [0.5, 0.6) is 0 Å². The minimum absolute atomic E-state index is 0.0518. The average Bonchev–Trinajstić information content (AvgIpc) is 2.93. The molecule has 0 aliphatic carbocycles. The molecule has 1 unspecified atom stereocenters. The Labute approximate surface area is 152 Å². The van der Waals surface area contributed by atoms with E-state index in [1.54, 1.807) is 11.8 Å². The van der Waals surface area contributed by atoms with Crippen LogP contribution in [0.15, 0.2) is 42.5 Å². The lowest BCUT2D eigenvalue weighted by Crippen LogP contribution is -2.43. The van der Waals surface area contributed by atoms with E-state index in [1.165, 1.54) is 16.3 Å². The van der Waals surface area contributed by atoms with E-state index in [4.69, 9.17) is 0 Å². The molecule has 5 nitrogen and oxygen atoms in total. The van der Waals surface area contributed by atoms with E-state index in [9.17, 15) is 13.2 Å². The van der Waals surface area contributed by atoms with Crippen LogP contribution in [0.1, 0.15) is 12.0 Å². The van der Waals surface area contributed by atoms with Crippen molar-refractivity contribution in [2.75, 3.05) is 23.8 Å². The maximum Gasteiger partial charge on any atom is 0.315 e. The van der Waals surface area contributed by atoms with Crippen LogP contribution in [0.4, 0.5) is 4.79 Å². The number of sulfone groups is 1. The third-order valence-electron chi connectivity index (χ3n) is 4.24. The van der Waals surface area contributed by atoms with Crippen molar-refractivity contribution in [3.8, 4) is 0 Å². The largest absolute Gasteiger partial charge is 0.337 e. The highest BCUT2D eigenvalue weighted by Crippen LogP contribution is 2.22. The van der Waals surface area contributed by atoms with Gasteiger partial charge in [-0.25, -0.2) is 13.2 Å². The molecule has 1 heterocycles. The van der Waals surface area contributed by atoms with Crippen LogP contribution in [0.2, 0.25) is 0 Å². The number of carbonyl (C=O) groups excluding carboxylic acids is 1. The highest BCUT2D eigenvalue weighted by Gasteiger charge is 2.28. The van der Waals surface area contributed by atoms with Gasteiger partial charge in [0.15, 0.2) is 9.84 Å². The summed E-state index contributed by atoms with van der Waals surface area (Å²) in [6, 6.07) is 14.1. The van der Waals surface area contributed by atoms with Gasteiger partial charge in [-0.1, -0.05) is 42.5 Å². The molecule has 2 aromatic rings. The van der Waals surface area contributed by atoms with E-state index in [1.807, 2.05) is 12.1 Å². The zero-order chi connectivity index (χ0) is 17.7. The van der Waals surface area contributed by atoms with Crippen LogP contribution in [0.25, 0.3) is 10.8 Å². The second-order valence-electron chi connectivity index (χ2n) is 6.19.